The maximum Gasteiger partial charge on any atom is 0.257 e. The van der Waals surface area contributed by atoms with Crippen LogP contribution in [0.4, 0.5) is 5.69 Å². The van der Waals surface area contributed by atoms with E-state index in [4.69, 9.17) is 4.74 Å². The Kier molecular flexibility index (Phi) is 3.66. The molecule has 0 atom stereocenters. The van der Waals surface area contributed by atoms with E-state index < -0.39 is 0 Å². The smallest absolute Gasteiger partial charge is 0.257 e. The topological polar surface area (TPSA) is 54.1 Å². The second kappa shape index (κ2) is 5.61. The quantitative estimate of drug-likeness (QED) is 0.748. The zero-order chi connectivity index (χ0) is 14.8. The van der Waals surface area contributed by atoms with Gasteiger partial charge in [-0.15, -0.1) is 0 Å². The largest absolute Gasteiger partial charge is 0.497 e. The Morgan fingerprint density at radius 2 is 2.05 bits per heavy atom. The van der Waals surface area contributed by atoms with Gasteiger partial charge in [-0.3, -0.25) is 4.79 Å². The zero-order valence-corrected chi connectivity index (χ0v) is 12.9. The Morgan fingerprint density at radius 1 is 1.24 bits per heavy atom. The van der Waals surface area contributed by atoms with Gasteiger partial charge in [0.15, 0.2) is 0 Å². The molecule has 0 unspecified atom stereocenters. The molecule has 0 bridgehead atoms. The lowest BCUT2D eigenvalue weighted by atomic mass is 10.1. The van der Waals surface area contributed by atoms with Crippen LogP contribution in [0.3, 0.4) is 0 Å². The van der Waals surface area contributed by atoms with E-state index in [0.29, 0.717) is 17.0 Å². The van der Waals surface area contributed by atoms with Gasteiger partial charge in [-0.05, 0) is 34.1 Å². The second-order valence-corrected chi connectivity index (χ2v) is 5.40. The number of H-pyrrole nitrogens is 1. The second-order valence-electron chi connectivity index (χ2n) is 4.55. The van der Waals surface area contributed by atoms with E-state index in [1.54, 1.807) is 19.4 Å². The van der Waals surface area contributed by atoms with E-state index in [1.165, 1.54) is 0 Å². The predicted octanol–water partition coefficient (Wildman–Crippen LogP) is 4.19. The third-order valence-electron chi connectivity index (χ3n) is 3.26. The number of fused-ring (bicyclic) bond motifs is 1. The van der Waals surface area contributed by atoms with E-state index >= 15 is 0 Å². The van der Waals surface area contributed by atoms with Gasteiger partial charge in [-0.1, -0.05) is 18.2 Å². The zero-order valence-electron chi connectivity index (χ0n) is 11.3. The Balaban J connectivity index is 1.93. The normalized spacial score (nSPS) is 10.6. The number of hydrogen-bond donors (Lipinski definition) is 2. The summed E-state index contributed by atoms with van der Waals surface area (Å²) >= 11 is 3.42. The van der Waals surface area contributed by atoms with Crippen LogP contribution in [0.1, 0.15) is 10.4 Å². The number of carbonyl (C=O) groups excluding carboxylic acids is 1. The van der Waals surface area contributed by atoms with Crippen molar-refractivity contribution in [1.82, 2.24) is 4.98 Å². The first-order valence-electron chi connectivity index (χ1n) is 6.40. The number of benzene rings is 2. The molecule has 0 saturated carbocycles. The summed E-state index contributed by atoms with van der Waals surface area (Å²) in [5.74, 6) is 0.522. The Bertz CT molecular complexity index is 811. The molecule has 3 rings (SSSR count). The molecule has 5 heteroatoms. The van der Waals surface area contributed by atoms with Gasteiger partial charge in [0.1, 0.15) is 5.75 Å². The average molecular weight is 345 g/mol. The number of para-hydroxylation sites is 1. The monoisotopic (exact) mass is 344 g/mol. The van der Waals surface area contributed by atoms with Gasteiger partial charge in [-0.25, -0.2) is 0 Å². The van der Waals surface area contributed by atoms with Gasteiger partial charge in [0.2, 0.25) is 0 Å². The summed E-state index contributed by atoms with van der Waals surface area (Å²) in [4.78, 5) is 15.5. The molecule has 4 nitrogen and oxygen atoms in total. The van der Waals surface area contributed by atoms with Crippen molar-refractivity contribution in [3.05, 3.63) is 58.7 Å². The van der Waals surface area contributed by atoms with Crippen LogP contribution < -0.4 is 10.1 Å². The van der Waals surface area contributed by atoms with Crippen molar-refractivity contribution in [2.24, 2.45) is 0 Å². The standard InChI is InChI=1S/C16H13BrN2O2/c1-21-10-6-7-13(17)15(8-10)19-16(20)12-9-18-14-5-3-2-4-11(12)14/h2-9,18H,1H3,(H,19,20). The van der Waals surface area contributed by atoms with E-state index in [0.717, 1.165) is 15.4 Å². The maximum atomic E-state index is 12.4. The van der Waals surface area contributed by atoms with Gasteiger partial charge >= 0.3 is 0 Å². The number of aromatic amines is 1. The molecule has 0 radical (unpaired) electrons. The molecular formula is C16H13BrN2O2. The molecule has 0 saturated heterocycles. The molecule has 2 N–H and O–H groups in total. The van der Waals surface area contributed by atoms with Crippen molar-refractivity contribution >= 4 is 38.4 Å². The fraction of sp³-hybridized carbons (Fsp3) is 0.0625. The van der Waals surface area contributed by atoms with Gasteiger partial charge in [0.05, 0.1) is 18.4 Å². The molecule has 1 aromatic heterocycles. The molecule has 1 heterocycles. The summed E-state index contributed by atoms with van der Waals surface area (Å²) in [5.41, 5.74) is 2.22. The highest BCUT2D eigenvalue weighted by Gasteiger charge is 2.13. The van der Waals surface area contributed by atoms with Gasteiger partial charge in [-0.2, -0.15) is 0 Å². The van der Waals surface area contributed by atoms with Crippen molar-refractivity contribution in [1.29, 1.82) is 0 Å². The van der Waals surface area contributed by atoms with Gasteiger partial charge < -0.3 is 15.0 Å². The summed E-state index contributed by atoms with van der Waals surface area (Å²) in [7, 11) is 1.59. The minimum atomic E-state index is -0.165. The SMILES string of the molecule is COc1ccc(Br)c(NC(=O)c2c[nH]c3ccccc23)c1. The predicted molar refractivity (Wildman–Crippen MR) is 86.9 cm³/mol. The Hall–Kier alpha value is -2.27. The molecule has 0 aliphatic rings. The molecule has 0 aliphatic carbocycles. The number of rotatable bonds is 3. The number of amides is 1. The number of aromatic nitrogens is 1. The summed E-state index contributed by atoms with van der Waals surface area (Å²) in [6, 6.07) is 13.1. The van der Waals surface area contributed by atoms with Crippen LogP contribution in [0.5, 0.6) is 5.75 Å². The average Bonchev–Trinajstić information content (AvgIpc) is 2.93. The van der Waals surface area contributed by atoms with Crippen LogP contribution in [-0.4, -0.2) is 18.0 Å². The lowest BCUT2D eigenvalue weighted by Gasteiger charge is -2.09. The molecule has 2 aromatic carbocycles. The van der Waals surface area contributed by atoms with E-state index in [9.17, 15) is 4.79 Å². The highest BCUT2D eigenvalue weighted by Crippen LogP contribution is 2.28. The van der Waals surface area contributed by atoms with Crippen LogP contribution >= 0.6 is 15.9 Å². The van der Waals surface area contributed by atoms with Crippen LogP contribution in [0.15, 0.2) is 53.1 Å². The third-order valence-corrected chi connectivity index (χ3v) is 3.95. The molecule has 0 aliphatic heterocycles. The first-order valence-corrected chi connectivity index (χ1v) is 7.19. The molecule has 0 spiro atoms. The minimum absolute atomic E-state index is 0.165. The number of anilines is 1. The molecular weight excluding hydrogens is 332 g/mol. The van der Waals surface area contributed by atoms with Crippen molar-refractivity contribution < 1.29 is 9.53 Å². The maximum absolute atomic E-state index is 12.4. The molecule has 106 valence electrons. The number of carbonyl (C=O) groups is 1. The fourth-order valence-corrected chi connectivity index (χ4v) is 2.52. The summed E-state index contributed by atoms with van der Waals surface area (Å²) < 4.78 is 5.98. The Labute approximate surface area is 130 Å². The summed E-state index contributed by atoms with van der Waals surface area (Å²) in [6.45, 7) is 0. The number of nitrogens with one attached hydrogen (secondary N) is 2. The minimum Gasteiger partial charge on any atom is -0.497 e. The fourth-order valence-electron chi connectivity index (χ4n) is 2.18. The number of hydrogen-bond acceptors (Lipinski definition) is 2. The number of methoxy groups -OCH3 is 1. The van der Waals surface area contributed by atoms with Gasteiger partial charge in [0, 0.05) is 27.6 Å². The van der Waals surface area contributed by atoms with E-state index in [-0.39, 0.29) is 5.91 Å². The summed E-state index contributed by atoms with van der Waals surface area (Å²) in [5, 5.41) is 3.79. The van der Waals surface area contributed by atoms with E-state index in [2.05, 4.69) is 26.2 Å². The van der Waals surface area contributed by atoms with Crippen LogP contribution in [0, 0.1) is 0 Å². The third kappa shape index (κ3) is 2.64. The van der Waals surface area contributed by atoms with Crippen LogP contribution in [0.2, 0.25) is 0 Å². The van der Waals surface area contributed by atoms with Crippen molar-refractivity contribution in [3.63, 3.8) is 0 Å². The lowest BCUT2D eigenvalue weighted by Crippen LogP contribution is -2.11. The van der Waals surface area contributed by atoms with Crippen molar-refractivity contribution in [2.45, 2.75) is 0 Å². The number of halogens is 1. The molecule has 21 heavy (non-hydrogen) atoms. The molecule has 3 aromatic rings. The van der Waals surface area contributed by atoms with Crippen LogP contribution in [-0.2, 0) is 0 Å². The molecule has 1 amide bonds. The summed E-state index contributed by atoms with van der Waals surface area (Å²) in [6.07, 6.45) is 1.72. The van der Waals surface area contributed by atoms with Crippen molar-refractivity contribution in [3.8, 4) is 5.75 Å². The van der Waals surface area contributed by atoms with Crippen LogP contribution in [0.25, 0.3) is 10.9 Å². The van der Waals surface area contributed by atoms with E-state index in [1.807, 2.05) is 36.4 Å². The number of ether oxygens (including phenoxy) is 1. The highest BCUT2D eigenvalue weighted by molar-refractivity contribution is 9.10. The first-order chi connectivity index (χ1) is 10.2. The highest BCUT2D eigenvalue weighted by atomic mass is 79.9. The lowest BCUT2D eigenvalue weighted by molar-refractivity contribution is 0.102. The van der Waals surface area contributed by atoms with Crippen molar-refractivity contribution in [2.75, 3.05) is 12.4 Å². The van der Waals surface area contributed by atoms with Gasteiger partial charge in [0.25, 0.3) is 5.91 Å². The molecule has 0 fully saturated rings. The first kappa shape index (κ1) is 13.7. The Morgan fingerprint density at radius 3 is 2.86 bits per heavy atom.